The lowest BCUT2D eigenvalue weighted by Crippen LogP contribution is -2.20. The Morgan fingerprint density at radius 1 is 0.679 bits per heavy atom. The van der Waals surface area contributed by atoms with Gasteiger partial charge in [-0.15, -0.1) is 0 Å². The van der Waals surface area contributed by atoms with Crippen molar-refractivity contribution >= 4 is 11.9 Å². The molecule has 0 aromatic rings. The van der Waals surface area contributed by atoms with Crippen molar-refractivity contribution < 1.29 is 29.3 Å². The summed E-state index contributed by atoms with van der Waals surface area (Å²) in [6.07, 6.45) is 13.7. The lowest BCUT2D eigenvalue weighted by atomic mass is 10.1. The molecule has 6 heteroatoms. The van der Waals surface area contributed by atoms with Gasteiger partial charge in [0.15, 0.2) is 0 Å². The molecule has 0 rings (SSSR count). The van der Waals surface area contributed by atoms with E-state index in [2.05, 4.69) is 6.92 Å². The summed E-state index contributed by atoms with van der Waals surface area (Å²) in [5.41, 5.74) is 0. The van der Waals surface area contributed by atoms with Crippen molar-refractivity contribution in [3.8, 4) is 0 Å². The molecule has 0 aromatic heterocycles. The predicted octanol–water partition coefficient (Wildman–Crippen LogP) is 4.15. The monoisotopic (exact) mass is 402 g/mol. The molecule has 0 radical (unpaired) electrons. The Balaban J connectivity index is 3.33. The van der Waals surface area contributed by atoms with Crippen molar-refractivity contribution in [1.29, 1.82) is 0 Å². The summed E-state index contributed by atoms with van der Waals surface area (Å²) in [7, 11) is 0. The van der Waals surface area contributed by atoms with E-state index in [0.29, 0.717) is 19.4 Å². The number of hydrogen-bond donors (Lipinski definition) is 2. The molecule has 0 fully saturated rings. The second kappa shape index (κ2) is 20.6. The standard InChI is InChI=1S/C22H42O6/c1-2-3-4-5-10-13-16-27-21(25)14-11-8-6-7-9-12-15-22(26)28-19-20(17-23)18-24/h20,23-24H,2-19H2,1H3. The molecule has 0 aliphatic carbocycles. The Hall–Kier alpha value is -1.14. The first-order valence-electron chi connectivity index (χ1n) is 11.2. The smallest absolute Gasteiger partial charge is 0.305 e. The van der Waals surface area contributed by atoms with Crippen LogP contribution in [0.25, 0.3) is 0 Å². The lowest BCUT2D eigenvalue weighted by Gasteiger charge is -2.11. The fourth-order valence-corrected chi connectivity index (χ4v) is 2.83. The van der Waals surface area contributed by atoms with E-state index in [0.717, 1.165) is 51.4 Å². The first-order chi connectivity index (χ1) is 13.6. The maximum atomic E-state index is 11.6. The highest BCUT2D eigenvalue weighted by atomic mass is 16.5. The Kier molecular flexibility index (Phi) is 19.8. The van der Waals surface area contributed by atoms with Gasteiger partial charge >= 0.3 is 11.9 Å². The fraction of sp³-hybridized carbons (Fsp3) is 0.909. The van der Waals surface area contributed by atoms with E-state index in [1.54, 1.807) is 0 Å². The summed E-state index contributed by atoms with van der Waals surface area (Å²) >= 11 is 0. The van der Waals surface area contributed by atoms with Gasteiger partial charge in [0.2, 0.25) is 0 Å². The van der Waals surface area contributed by atoms with Gasteiger partial charge in [-0.25, -0.2) is 0 Å². The molecule has 6 nitrogen and oxygen atoms in total. The van der Waals surface area contributed by atoms with Crippen molar-refractivity contribution in [2.24, 2.45) is 5.92 Å². The average Bonchev–Trinajstić information content (AvgIpc) is 2.70. The first kappa shape index (κ1) is 26.9. The van der Waals surface area contributed by atoms with Gasteiger partial charge in [-0.1, -0.05) is 64.7 Å². The predicted molar refractivity (Wildman–Crippen MR) is 110 cm³/mol. The van der Waals surface area contributed by atoms with Crippen molar-refractivity contribution in [2.45, 2.75) is 96.8 Å². The molecule has 0 amide bonds. The quantitative estimate of drug-likeness (QED) is 0.235. The molecule has 0 spiro atoms. The van der Waals surface area contributed by atoms with Crippen LogP contribution in [0, 0.1) is 5.92 Å². The Labute approximate surface area is 171 Å². The third-order valence-corrected chi connectivity index (χ3v) is 4.77. The van der Waals surface area contributed by atoms with Crippen LogP contribution < -0.4 is 0 Å². The normalized spacial score (nSPS) is 11.0. The van der Waals surface area contributed by atoms with Crippen molar-refractivity contribution in [1.82, 2.24) is 0 Å². The van der Waals surface area contributed by atoms with Gasteiger partial charge in [-0.05, 0) is 19.3 Å². The minimum atomic E-state index is -0.388. The van der Waals surface area contributed by atoms with Crippen LogP contribution in [0.5, 0.6) is 0 Å². The van der Waals surface area contributed by atoms with Gasteiger partial charge in [0.25, 0.3) is 0 Å². The highest BCUT2D eigenvalue weighted by molar-refractivity contribution is 5.69. The van der Waals surface area contributed by atoms with Gasteiger partial charge in [0, 0.05) is 18.8 Å². The zero-order chi connectivity index (χ0) is 20.9. The van der Waals surface area contributed by atoms with Crippen LogP contribution >= 0.6 is 0 Å². The molecule has 0 aromatic carbocycles. The Morgan fingerprint density at radius 3 is 1.68 bits per heavy atom. The van der Waals surface area contributed by atoms with Gasteiger partial charge in [0.05, 0.1) is 26.4 Å². The van der Waals surface area contributed by atoms with E-state index in [-0.39, 0.29) is 37.7 Å². The number of carbonyl (C=O) groups is 2. The van der Waals surface area contributed by atoms with Gasteiger partial charge in [-0.3, -0.25) is 9.59 Å². The number of aliphatic hydroxyl groups is 2. The second-order valence-electron chi connectivity index (χ2n) is 7.52. The molecule has 166 valence electrons. The lowest BCUT2D eigenvalue weighted by molar-refractivity contribution is -0.146. The molecule has 0 bridgehead atoms. The van der Waals surface area contributed by atoms with Gasteiger partial charge in [0.1, 0.15) is 0 Å². The van der Waals surface area contributed by atoms with E-state index < -0.39 is 0 Å². The number of carbonyl (C=O) groups excluding carboxylic acids is 2. The summed E-state index contributed by atoms with van der Waals surface area (Å²) in [4.78, 5) is 23.2. The van der Waals surface area contributed by atoms with E-state index >= 15 is 0 Å². The molecule has 2 N–H and O–H groups in total. The number of hydrogen-bond acceptors (Lipinski definition) is 6. The van der Waals surface area contributed by atoms with Gasteiger partial charge < -0.3 is 19.7 Å². The summed E-state index contributed by atoms with van der Waals surface area (Å²) in [5.74, 6) is -0.748. The highest BCUT2D eigenvalue weighted by Crippen LogP contribution is 2.10. The van der Waals surface area contributed by atoms with Crippen LogP contribution in [0.4, 0.5) is 0 Å². The van der Waals surface area contributed by atoms with Crippen LogP contribution in [0.1, 0.15) is 96.8 Å². The van der Waals surface area contributed by atoms with Crippen molar-refractivity contribution in [3.05, 3.63) is 0 Å². The van der Waals surface area contributed by atoms with E-state index in [4.69, 9.17) is 19.7 Å². The minimum Gasteiger partial charge on any atom is -0.466 e. The molecular formula is C22H42O6. The molecule has 0 unspecified atom stereocenters. The van der Waals surface area contributed by atoms with Crippen molar-refractivity contribution in [3.63, 3.8) is 0 Å². The minimum absolute atomic E-state index is 0.0702. The summed E-state index contributed by atoms with van der Waals surface area (Å²) < 4.78 is 10.3. The van der Waals surface area contributed by atoms with Crippen LogP contribution in [0.15, 0.2) is 0 Å². The molecule has 0 saturated carbocycles. The molecule has 0 atom stereocenters. The van der Waals surface area contributed by atoms with E-state index in [1.807, 2.05) is 0 Å². The number of aliphatic hydroxyl groups excluding tert-OH is 2. The average molecular weight is 403 g/mol. The van der Waals surface area contributed by atoms with Gasteiger partial charge in [-0.2, -0.15) is 0 Å². The van der Waals surface area contributed by atoms with Crippen LogP contribution in [0.3, 0.4) is 0 Å². The molecule has 0 aliphatic heterocycles. The largest absolute Gasteiger partial charge is 0.466 e. The summed E-state index contributed by atoms with van der Waals surface area (Å²) in [6, 6.07) is 0. The molecule has 0 saturated heterocycles. The highest BCUT2D eigenvalue weighted by Gasteiger charge is 2.09. The molecular weight excluding hydrogens is 360 g/mol. The van der Waals surface area contributed by atoms with Crippen LogP contribution in [-0.2, 0) is 19.1 Å². The third kappa shape index (κ3) is 18.2. The number of unbranched alkanes of at least 4 members (excludes halogenated alkanes) is 10. The van der Waals surface area contributed by atoms with Crippen LogP contribution in [0.2, 0.25) is 0 Å². The zero-order valence-electron chi connectivity index (χ0n) is 17.8. The molecule has 0 heterocycles. The number of ether oxygens (including phenoxy) is 2. The topological polar surface area (TPSA) is 93.1 Å². The Bertz CT molecular complexity index is 368. The van der Waals surface area contributed by atoms with Crippen molar-refractivity contribution in [2.75, 3.05) is 26.4 Å². The third-order valence-electron chi connectivity index (χ3n) is 4.77. The maximum absolute atomic E-state index is 11.6. The van der Waals surface area contributed by atoms with Crippen LogP contribution in [-0.4, -0.2) is 48.6 Å². The molecule has 0 aliphatic rings. The SMILES string of the molecule is CCCCCCCCOC(=O)CCCCCCCCC(=O)OCC(CO)CO. The second-order valence-corrected chi connectivity index (χ2v) is 7.52. The van der Waals surface area contributed by atoms with E-state index in [1.165, 1.54) is 25.7 Å². The number of rotatable bonds is 20. The zero-order valence-corrected chi connectivity index (χ0v) is 17.8. The Morgan fingerprint density at radius 2 is 1.14 bits per heavy atom. The maximum Gasteiger partial charge on any atom is 0.305 e. The molecule has 28 heavy (non-hydrogen) atoms. The summed E-state index contributed by atoms with van der Waals surface area (Å²) in [5, 5.41) is 17.8. The first-order valence-corrected chi connectivity index (χ1v) is 11.2. The summed E-state index contributed by atoms with van der Waals surface area (Å²) in [6.45, 7) is 2.46. The fourth-order valence-electron chi connectivity index (χ4n) is 2.83. The van der Waals surface area contributed by atoms with E-state index in [9.17, 15) is 9.59 Å². The number of esters is 2.